The lowest BCUT2D eigenvalue weighted by molar-refractivity contribution is -0.119. The van der Waals surface area contributed by atoms with Crippen molar-refractivity contribution >= 4 is 14.3 Å². The van der Waals surface area contributed by atoms with Crippen LogP contribution in [-0.4, -0.2) is 35.7 Å². The number of likely N-dealkylation sites (tertiary alicyclic amines) is 1. The number of amides is 1. The first kappa shape index (κ1) is 20.7. The number of imidazole rings is 1. The summed E-state index contributed by atoms with van der Waals surface area (Å²) in [7, 11) is 2.18. The topological polar surface area (TPSA) is 49.0 Å². The highest BCUT2D eigenvalue weighted by Crippen LogP contribution is 2.32. The second-order valence-electron chi connectivity index (χ2n) is 8.02. The number of rotatable bonds is 11. The molecule has 1 fully saturated rings. The van der Waals surface area contributed by atoms with Crippen LogP contribution < -0.4 is 0 Å². The van der Waals surface area contributed by atoms with E-state index in [1.54, 1.807) is 0 Å². The number of aromatic amines is 1. The molecule has 1 N–H and O–H groups in total. The molecule has 2 heterocycles. The Morgan fingerprint density at radius 3 is 2.64 bits per heavy atom. The van der Waals surface area contributed by atoms with Crippen molar-refractivity contribution in [2.75, 3.05) is 6.54 Å². The highest BCUT2D eigenvalue weighted by atomic mass is 16.1. The molecule has 0 spiro atoms. The average molecular weight is 379 g/mol. The van der Waals surface area contributed by atoms with Crippen LogP contribution in [0.4, 0.5) is 0 Å². The summed E-state index contributed by atoms with van der Waals surface area (Å²) in [5.41, 5.74) is 4.83. The molecule has 0 saturated carbocycles. The predicted molar refractivity (Wildman–Crippen MR) is 118 cm³/mol. The number of nitrogens with one attached hydrogen (secondary N) is 1. The van der Waals surface area contributed by atoms with E-state index in [4.69, 9.17) is 4.98 Å². The summed E-state index contributed by atoms with van der Waals surface area (Å²) < 4.78 is 0. The summed E-state index contributed by atoms with van der Waals surface area (Å²) in [5.74, 6) is 0.958. The Hall–Kier alpha value is -2.04. The summed E-state index contributed by atoms with van der Waals surface area (Å²) >= 11 is 0. The van der Waals surface area contributed by atoms with Crippen molar-refractivity contribution in [3.05, 3.63) is 41.3 Å². The van der Waals surface area contributed by atoms with Gasteiger partial charge in [-0.2, -0.15) is 0 Å². The van der Waals surface area contributed by atoms with E-state index in [9.17, 15) is 4.79 Å². The third kappa shape index (κ3) is 5.06. The van der Waals surface area contributed by atoms with E-state index in [1.807, 2.05) is 4.90 Å². The van der Waals surface area contributed by atoms with Crippen LogP contribution in [0, 0.1) is 0 Å². The second-order valence-corrected chi connectivity index (χ2v) is 8.02. The zero-order valence-corrected chi connectivity index (χ0v) is 17.5. The number of hydrogen-bond donors (Lipinski definition) is 1. The molecule has 1 aromatic carbocycles. The molecule has 1 aliphatic rings. The molecule has 150 valence electrons. The molecule has 28 heavy (non-hydrogen) atoms. The number of hydrogen-bond acceptors (Lipinski definition) is 2. The van der Waals surface area contributed by atoms with Crippen LogP contribution in [0.2, 0.25) is 0 Å². The Kier molecular flexibility index (Phi) is 7.75. The molecule has 2 aromatic rings. The monoisotopic (exact) mass is 379 g/mol. The Morgan fingerprint density at radius 1 is 1.18 bits per heavy atom. The van der Waals surface area contributed by atoms with Gasteiger partial charge in [-0.3, -0.25) is 4.79 Å². The molecule has 1 atom stereocenters. The number of nitrogens with zero attached hydrogens (tertiary/aromatic N) is 2. The molecule has 5 heteroatoms. The number of benzene rings is 1. The summed E-state index contributed by atoms with van der Waals surface area (Å²) in [6.45, 7) is 3.09. The highest BCUT2D eigenvalue weighted by molar-refractivity contribution is 6.08. The van der Waals surface area contributed by atoms with Crippen molar-refractivity contribution in [3.63, 3.8) is 0 Å². The fourth-order valence-corrected chi connectivity index (χ4v) is 4.20. The fourth-order valence-electron chi connectivity index (χ4n) is 4.20. The van der Waals surface area contributed by atoms with E-state index in [-0.39, 0.29) is 6.04 Å². The normalized spacial score (nSPS) is 16.6. The first-order chi connectivity index (χ1) is 13.8. The van der Waals surface area contributed by atoms with E-state index in [1.165, 1.54) is 55.3 Å². The molecule has 1 aliphatic heterocycles. The van der Waals surface area contributed by atoms with Crippen LogP contribution in [0.15, 0.2) is 24.3 Å². The number of unbranched alkanes of at least 4 members (excludes halogenated alkanes) is 5. The SMILES string of the molecule is BCc1ccc(-c2nc(C3CCCN3C=O)[nH]c2CCCCCCCC)cc1. The number of aryl methyl sites for hydroxylation is 1. The fraction of sp³-hybridized carbons (Fsp3) is 0.565. The van der Waals surface area contributed by atoms with Gasteiger partial charge in [0, 0.05) is 17.8 Å². The van der Waals surface area contributed by atoms with Crippen molar-refractivity contribution in [2.24, 2.45) is 0 Å². The third-order valence-electron chi connectivity index (χ3n) is 5.96. The minimum Gasteiger partial charge on any atom is -0.344 e. The summed E-state index contributed by atoms with van der Waals surface area (Å²) in [6, 6.07) is 8.88. The molecule has 4 nitrogen and oxygen atoms in total. The second kappa shape index (κ2) is 10.5. The highest BCUT2D eigenvalue weighted by Gasteiger charge is 2.28. The average Bonchev–Trinajstić information content (AvgIpc) is 3.37. The number of H-pyrrole nitrogens is 1. The molecule has 0 bridgehead atoms. The lowest BCUT2D eigenvalue weighted by atomic mass is 9.95. The standard InChI is InChI=1S/C23H34BN3O/c1-2-3-4-5-6-7-9-20-22(19-13-11-18(16-24)12-14-19)26-23(25-20)21-10-8-15-27(21)17-28/h11-14,17,21H,2-10,15-16,24H2,1H3,(H,25,26). The third-order valence-corrected chi connectivity index (χ3v) is 5.96. The van der Waals surface area contributed by atoms with Crippen molar-refractivity contribution in [2.45, 2.75) is 77.1 Å². The van der Waals surface area contributed by atoms with Gasteiger partial charge in [0.05, 0.1) is 11.7 Å². The Morgan fingerprint density at radius 2 is 1.93 bits per heavy atom. The number of carbonyl (C=O) groups excluding carboxylic acids is 1. The van der Waals surface area contributed by atoms with Crippen LogP contribution in [0.3, 0.4) is 0 Å². The van der Waals surface area contributed by atoms with Gasteiger partial charge >= 0.3 is 0 Å². The number of carbonyl (C=O) groups is 1. The maximum atomic E-state index is 11.4. The van der Waals surface area contributed by atoms with E-state index in [0.29, 0.717) is 0 Å². The maximum absolute atomic E-state index is 11.4. The van der Waals surface area contributed by atoms with Crippen molar-refractivity contribution in [3.8, 4) is 11.3 Å². The van der Waals surface area contributed by atoms with Gasteiger partial charge in [0.2, 0.25) is 6.41 Å². The van der Waals surface area contributed by atoms with Gasteiger partial charge in [0.25, 0.3) is 0 Å². The van der Waals surface area contributed by atoms with E-state index < -0.39 is 0 Å². The van der Waals surface area contributed by atoms with E-state index in [0.717, 1.165) is 50.1 Å². The molecule has 0 aliphatic carbocycles. The van der Waals surface area contributed by atoms with Gasteiger partial charge in [-0.25, -0.2) is 4.98 Å². The summed E-state index contributed by atoms with van der Waals surface area (Å²) in [4.78, 5) is 21.9. The molecule has 1 saturated heterocycles. The van der Waals surface area contributed by atoms with Gasteiger partial charge < -0.3 is 9.88 Å². The van der Waals surface area contributed by atoms with Gasteiger partial charge in [-0.1, -0.05) is 75.2 Å². The molecule has 1 aromatic heterocycles. The smallest absolute Gasteiger partial charge is 0.210 e. The van der Waals surface area contributed by atoms with Crippen molar-refractivity contribution in [1.82, 2.24) is 14.9 Å². The molecule has 1 amide bonds. The zero-order chi connectivity index (χ0) is 19.8. The van der Waals surface area contributed by atoms with Gasteiger partial charge in [-0.15, -0.1) is 0 Å². The minimum atomic E-state index is 0.101. The zero-order valence-electron chi connectivity index (χ0n) is 17.5. The molecule has 1 unspecified atom stereocenters. The van der Waals surface area contributed by atoms with E-state index >= 15 is 0 Å². The molecular weight excluding hydrogens is 345 g/mol. The largest absolute Gasteiger partial charge is 0.344 e. The minimum absolute atomic E-state index is 0.101. The lowest BCUT2D eigenvalue weighted by Gasteiger charge is -2.17. The van der Waals surface area contributed by atoms with Crippen LogP contribution in [-0.2, 0) is 17.5 Å². The lowest BCUT2D eigenvalue weighted by Crippen LogP contribution is -2.22. The van der Waals surface area contributed by atoms with E-state index in [2.05, 4.69) is 44.0 Å². The first-order valence-electron chi connectivity index (χ1n) is 11.2. The predicted octanol–water partition coefficient (Wildman–Crippen LogP) is 4.41. The first-order valence-corrected chi connectivity index (χ1v) is 11.2. The van der Waals surface area contributed by atoms with Crippen LogP contribution in [0.25, 0.3) is 11.3 Å². The number of aromatic nitrogens is 2. The molecule has 0 radical (unpaired) electrons. The Labute approximate surface area is 170 Å². The molecule has 3 rings (SSSR count). The van der Waals surface area contributed by atoms with Gasteiger partial charge in [0.1, 0.15) is 13.7 Å². The quantitative estimate of drug-likeness (QED) is 0.357. The maximum Gasteiger partial charge on any atom is 0.210 e. The Balaban J connectivity index is 1.77. The van der Waals surface area contributed by atoms with Crippen LogP contribution in [0.5, 0.6) is 0 Å². The van der Waals surface area contributed by atoms with Gasteiger partial charge in [-0.05, 0) is 25.7 Å². The summed E-state index contributed by atoms with van der Waals surface area (Å²) in [5, 5.41) is 0. The van der Waals surface area contributed by atoms with Crippen molar-refractivity contribution in [1.29, 1.82) is 0 Å². The van der Waals surface area contributed by atoms with Gasteiger partial charge in [0.15, 0.2) is 0 Å². The van der Waals surface area contributed by atoms with Crippen LogP contribution in [0.1, 0.15) is 81.4 Å². The Bertz CT molecular complexity index is 741. The molecular formula is C23H34BN3O. The summed E-state index contributed by atoms with van der Waals surface area (Å²) in [6.07, 6.45) is 12.8. The van der Waals surface area contributed by atoms with Crippen molar-refractivity contribution < 1.29 is 4.79 Å². The van der Waals surface area contributed by atoms with Crippen LogP contribution >= 0.6 is 0 Å².